The number of nitrogens with one attached hydrogen (secondary N) is 3. The van der Waals surface area contributed by atoms with Gasteiger partial charge in [0.05, 0.1) is 17.2 Å². The van der Waals surface area contributed by atoms with Crippen molar-refractivity contribution in [3.63, 3.8) is 0 Å². The number of benzene rings is 2. The summed E-state index contributed by atoms with van der Waals surface area (Å²) in [6.07, 6.45) is 7.41. The Bertz CT molecular complexity index is 1770. The van der Waals surface area contributed by atoms with E-state index in [4.69, 9.17) is 9.72 Å². The van der Waals surface area contributed by atoms with Crippen molar-refractivity contribution in [1.29, 1.82) is 0 Å². The fourth-order valence-electron chi connectivity index (χ4n) is 5.05. The van der Waals surface area contributed by atoms with Crippen molar-refractivity contribution >= 4 is 22.1 Å². The Kier molecular flexibility index (Phi) is 5.55. The van der Waals surface area contributed by atoms with Crippen LogP contribution in [0.4, 0.5) is 4.39 Å². The summed E-state index contributed by atoms with van der Waals surface area (Å²) in [5, 5.41) is 11.9. The number of imidazole rings is 1. The lowest BCUT2D eigenvalue weighted by molar-refractivity contribution is 0.162. The van der Waals surface area contributed by atoms with E-state index in [1.807, 2.05) is 30.5 Å². The van der Waals surface area contributed by atoms with Gasteiger partial charge in [0, 0.05) is 34.5 Å². The van der Waals surface area contributed by atoms with Crippen LogP contribution in [-0.2, 0) is 0 Å². The van der Waals surface area contributed by atoms with Gasteiger partial charge in [-0.1, -0.05) is 24.3 Å². The lowest BCUT2D eigenvalue weighted by Crippen LogP contribution is -2.34. The third kappa shape index (κ3) is 4.06. The molecule has 5 heterocycles. The molecule has 0 atom stereocenters. The number of piperidine rings is 1. The van der Waals surface area contributed by atoms with Crippen molar-refractivity contribution in [2.24, 2.45) is 0 Å². The molecule has 0 spiro atoms. The second kappa shape index (κ2) is 9.35. The standard InChI is InChI=1S/C29H24FN7O/c30-24-4-2-1-3-21(24)22-9-12-33-28-26(22)34-29(35-28)27-23-14-17(5-6-25(23)36-37-27)18-13-20(16-32-15-18)38-19-7-10-31-11-8-19/h1-6,9,12-16,19,31H,7-8,10-11H2,(H,36,37)(H,33,34,35). The average Bonchev–Trinajstić information content (AvgIpc) is 3.58. The molecule has 1 aliphatic rings. The number of ether oxygens (including phenoxy) is 1. The Hall–Kier alpha value is -4.63. The number of aromatic nitrogens is 6. The maximum atomic E-state index is 14.6. The molecule has 0 radical (unpaired) electrons. The maximum absolute atomic E-state index is 14.6. The minimum absolute atomic E-state index is 0.201. The van der Waals surface area contributed by atoms with Crippen LogP contribution in [0.15, 0.2) is 73.2 Å². The van der Waals surface area contributed by atoms with E-state index in [1.165, 1.54) is 6.07 Å². The third-order valence-corrected chi connectivity index (χ3v) is 6.98. The van der Waals surface area contributed by atoms with Gasteiger partial charge >= 0.3 is 0 Å². The zero-order valence-electron chi connectivity index (χ0n) is 20.4. The van der Waals surface area contributed by atoms with E-state index in [-0.39, 0.29) is 11.9 Å². The van der Waals surface area contributed by atoms with Gasteiger partial charge in [0.1, 0.15) is 23.4 Å². The number of H-pyrrole nitrogens is 2. The van der Waals surface area contributed by atoms with Gasteiger partial charge < -0.3 is 15.0 Å². The lowest BCUT2D eigenvalue weighted by Gasteiger charge is -2.23. The Balaban J connectivity index is 1.26. The maximum Gasteiger partial charge on any atom is 0.178 e. The SMILES string of the molecule is Fc1ccccc1-c1ccnc2nc(-c3n[nH]c4ccc(-c5cncc(OC6CCNCC6)c5)cc34)[nH]c12. The molecule has 1 aliphatic heterocycles. The molecule has 1 saturated heterocycles. The minimum Gasteiger partial charge on any atom is -0.489 e. The predicted octanol–water partition coefficient (Wildman–Crippen LogP) is 5.50. The van der Waals surface area contributed by atoms with Crippen LogP contribution in [0, 0.1) is 5.82 Å². The smallest absolute Gasteiger partial charge is 0.178 e. The average molecular weight is 506 g/mol. The second-order valence-electron chi connectivity index (χ2n) is 9.43. The Morgan fingerprint density at radius 3 is 2.71 bits per heavy atom. The van der Waals surface area contributed by atoms with Crippen LogP contribution < -0.4 is 10.1 Å². The van der Waals surface area contributed by atoms with Crippen molar-refractivity contribution in [2.45, 2.75) is 18.9 Å². The van der Waals surface area contributed by atoms with Crippen molar-refractivity contribution < 1.29 is 9.13 Å². The molecule has 0 saturated carbocycles. The van der Waals surface area contributed by atoms with Crippen molar-refractivity contribution in [1.82, 2.24) is 35.5 Å². The molecule has 8 nitrogen and oxygen atoms in total. The van der Waals surface area contributed by atoms with Gasteiger partial charge in [0.15, 0.2) is 11.5 Å². The summed E-state index contributed by atoms with van der Waals surface area (Å²) in [5.41, 5.74) is 5.83. The van der Waals surface area contributed by atoms with Gasteiger partial charge in [-0.3, -0.25) is 10.1 Å². The first-order valence-corrected chi connectivity index (χ1v) is 12.6. The molecule has 38 heavy (non-hydrogen) atoms. The summed E-state index contributed by atoms with van der Waals surface area (Å²) >= 11 is 0. The van der Waals surface area contributed by atoms with Gasteiger partial charge in [-0.2, -0.15) is 5.10 Å². The van der Waals surface area contributed by atoms with Crippen LogP contribution in [0.1, 0.15) is 12.8 Å². The van der Waals surface area contributed by atoms with E-state index in [2.05, 4.69) is 36.5 Å². The molecule has 0 unspecified atom stereocenters. The van der Waals surface area contributed by atoms with E-state index >= 15 is 0 Å². The van der Waals surface area contributed by atoms with Crippen LogP contribution in [0.5, 0.6) is 5.75 Å². The van der Waals surface area contributed by atoms with E-state index in [9.17, 15) is 4.39 Å². The number of aromatic amines is 2. The molecule has 0 bridgehead atoms. The van der Waals surface area contributed by atoms with Crippen LogP contribution in [-0.4, -0.2) is 49.3 Å². The molecular weight excluding hydrogens is 481 g/mol. The fourth-order valence-corrected chi connectivity index (χ4v) is 5.05. The molecule has 9 heteroatoms. The number of fused-ring (bicyclic) bond motifs is 2. The summed E-state index contributed by atoms with van der Waals surface area (Å²) in [7, 11) is 0. The van der Waals surface area contributed by atoms with Crippen LogP contribution in [0.25, 0.3) is 55.8 Å². The number of pyridine rings is 2. The highest BCUT2D eigenvalue weighted by Crippen LogP contribution is 2.33. The molecule has 1 fully saturated rings. The highest BCUT2D eigenvalue weighted by atomic mass is 19.1. The largest absolute Gasteiger partial charge is 0.489 e. The normalized spacial score (nSPS) is 14.3. The van der Waals surface area contributed by atoms with E-state index in [0.29, 0.717) is 33.8 Å². The molecule has 3 N–H and O–H groups in total. The van der Waals surface area contributed by atoms with Crippen molar-refractivity contribution in [2.75, 3.05) is 13.1 Å². The molecule has 2 aromatic carbocycles. The molecule has 4 aromatic heterocycles. The Labute approximate surface area is 217 Å². The summed E-state index contributed by atoms with van der Waals surface area (Å²) in [4.78, 5) is 16.9. The fraction of sp³-hybridized carbons (Fsp3) is 0.172. The minimum atomic E-state index is -0.300. The van der Waals surface area contributed by atoms with Gasteiger partial charge in [-0.05, 0) is 61.8 Å². The monoisotopic (exact) mass is 505 g/mol. The number of halogens is 1. The van der Waals surface area contributed by atoms with Crippen molar-refractivity contribution in [3.8, 4) is 39.5 Å². The van der Waals surface area contributed by atoms with Gasteiger partial charge in [-0.15, -0.1) is 0 Å². The summed E-state index contributed by atoms with van der Waals surface area (Å²) in [6.45, 7) is 1.94. The zero-order valence-corrected chi connectivity index (χ0v) is 20.4. The second-order valence-corrected chi connectivity index (χ2v) is 9.43. The molecule has 0 aliphatic carbocycles. The Morgan fingerprint density at radius 2 is 1.82 bits per heavy atom. The van der Waals surface area contributed by atoms with E-state index in [0.717, 1.165) is 53.7 Å². The highest BCUT2D eigenvalue weighted by Gasteiger charge is 2.18. The van der Waals surface area contributed by atoms with Gasteiger partial charge in [-0.25, -0.2) is 14.4 Å². The molecule has 188 valence electrons. The van der Waals surface area contributed by atoms with Crippen LogP contribution in [0.3, 0.4) is 0 Å². The van der Waals surface area contributed by atoms with Crippen LogP contribution >= 0.6 is 0 Å². The first-order valence-electron chi connectivity index (χ1n) is 12.6. The van der Waals surface area contributed by atoms with Gasteiger partial charge in [0.2, 0.25) is 0 Å². The molecule has 7 rings (SSSR count). The van der Waals surface area contributed by atoms with E-state index < -0.39 is 0 Å². The molecule has 0 amide bonds. The first kappa shape index (κ1) is 22.6. The molecular formula is C29H24FN7O. The highest BCUT2D eigenvalue weighted by molar-refractivity contribution is 5.97. The van der Waals surface area contributed by atoms with Crippen molar-refractivity contribution in [3.05, 3.63) is 79.0 Å². The number of nitrogens with zero attached hydrogens (tertiary/aromatic N) is 4. The summed E-state index contributed by atoms with van der Waals surface area (Å²) < 4.78 is 20.8. The van der Waals surface area contributed by atoms with Gasteiger partial charge in [0.25, 0.3) is 0 Å². The number of hydrogen-bond donors (Lipinski definition) is 3. The third-order valence-electron chi connectivity index (χ3n) is 6.98. The predicted molar refractivity (Wildman–Crippen MR) is 144 cm³/mol. The number of hydrogen-bond acceptors (Lipinski definition) is 6. The summed E-state index contributed by atoms with van der Waals surface area (Å²) in [5.74, 6) is 1.03. The van der Waals surface area contributed by atoms with Crippen LogP contribution in [0.2, 0.25) is 0 Å². The first-order chi connectivity index (χ1) is 18.7. The number of rotatable bonds is 5. The molecule has 6 aromatic rings. The Morgan fingerprint density at radius 1 is 0.921 bits per heavy atom. The zero-order chi connectivity index (χ0) is 25.5. The summed E-state index contributed by atoms with van der Waals surface area (Å²) in [6, 6.07) is 16.6. The topological polar surface area (TPSA) is 104 Å². The lowest BCUT2D eigenvalue weighted by atomic mass is 10.0. The quantitative estimate of drug-likeness (QED) is 0.286. The van der Waals surface area contributed by atoms with E-state index in [1.54, 1.807) is 30.6 Å².